The number of Topliss-reactive ketones (excluding diaryl/α,β-unsaturated/α-hetero) is 1. The molecule has 3 aromatic carbocycles. The molecule has 0 unspecified atom stereocenters. The van der Waals surface area contributed by atoms with E-state index in [-0.39, 0.29) is 18.2 Å². The van der Waals surface area contributed by atoms with Crippen molar-refractivity contribution in [3.05, 3.63) is 108 Å². The minimum absolute atomic E-state index is 0.0245. The zero-order valence-electron chi connectivity index (χ0n) is 21.0. The van der Waals surface area contributed by atoms with Crippen molar-refractivity contribution in [2.24, 2.45) is 5.92 Å². The first-order chi connectivity index (χ1) is 17.8. The maximum atomic E-state index is 13.6. The van der Waals surface area contributed by atoms with Gasteiger partial charge in [0.05, 0.1) is 5.92 Å². The first-order valence-electron chi connectivity index (χ1n) is 12.3. The summed E-state index contributed by atoms with van der Waals surface area (Å²) in [5.41, 5.74) is 2.26. The van der Waals surface area contributed by atoms with Crippen molar-refractivity contribution in [2.45, 2.75) is 44.7 Å². The summed E-state index contributed by atoms with van der Waals surface area (Å²) in [5, 5.41) is 14.8. The van der Waals surface area contributed by atoms with Gasteiger partial charge in [-0.25, -0.2) is 4.79 Å². The number of amides is 2. The van der Waals surface area contributed by atoms with Gasteiger partial charge in [0.25, 0.3) is 5.78 Å². The summed E-state index contributed by atoms with van der Waals surface area (Å²) in [6, 6.07) is 25.2. The fourth-order valence-electron chi connectivity index (χ4n) is 4.22. The van der Waals surface area contributed by atoms with Gasteiger partial charge >= 0.3 is 5.97 Å². The maximum absolute atomic E-state index is 13.6. The number of rotatable bonds is 12. The average Bonchev–Trinajstić information content (AvgIpc) is 2.89. The second kappa shape index (κ2) is 13.2. The molecule has 0 heterocycles. The molecular formula is C30H32N2O5. The Bertz CT molecular complexity index is 1160. The lowest BCUT2D eigenvalue weighted by Crippen LogP contribution is -2.54. The van der Waals surface area contributed by atoms with Crippen LogP contribution in [0.5, 0.6) is 0 Å². The van der Waals surface area contributed by atoms with E-state index in [9.17, 15) is 24.3 Å². The van der Waals surface area contributed by atoms with E-state index in [0.717, 1.165) is 11.1 Å². The fourth-order valence-corrected chi connectivity index (χ4v) is 4.22. The number of benzene rings is 3. The predicted molar refractivity (Wildman–Crippen MR) is 141 cm³/mol. The van der Waals surface area contributed by atoms with Crippen molar-refractivity contribution in [3.63, 3.8) is 0 Å². The molecule has 2 atom stereocenters. The van der Waals surface area contributed by atoms with Crippen LogP contribution >= 0.6 is 0 Å². The van der Waals surface area contributed by atoms with E-state index in [1.807, 2.05) is 74.5 Å². The minimum atomic E-state index is -1.63. The number of carbonyl (C=O) groups is 4. The van der Waals surface area contributed by atoms with Crippen molar-refractivity contribution in [1.29, 1.82) is 0 Å². The third-order valence-corrected chi connectivity index (χ3v) is 5.99. The number of hydrogen-bond donors (Lipinski definition) is 3. The fraction of sp³-hybridized carbons (Fsp3) is 0.267. The average molecular weight is 501 g/mol. The number of carbonyl (C=O) groups excluding carboxylic acids is 3. The third-order valence-electron chi connectivity index (χ3n) is 5.99. The maximum Gasteiger partial charge on any atom is 0.374 e. The summed E-state index contributed by atoms with van der Waals surface area (Å²) in [7, 11) is 0. The number of nitrogens with one attached hydrogen (secondary N) is 2. The molecule has 0 aliphatic heterocycles. The van der Waals surface area contributed by atoms with Crippen LogP contribution in [0.25, 0.3) is 0 Å². The van der Waals surface area contributed by atoms with Crippen LogP contribution in [-0.4, -0.2) is 40.8 Å². The van der Waals surface area contributed by atoms with Crippen LogP contribution in [0.4, 0.5) is 0 Å². The Morgan fingerprint density at radius 1 is 0.676 bits per heavy atom. The highest BCUT2D eigenvalue weighted by atomic mass is 16.4. The molecule has 7 heteroatoms. The van der Waals surface area contributed by atoms with E-state index in [4.69, 9.17) is 0 Å². The number of ketones is 1. The Kier molecular flexibility index (Phi) is 9.72. The minimum Gasteiger partial charge on any atom is -0.475 e. The Morgan fingerprint density at radius 3 is 1.59 bits per heavy atom. The van der Waals surface area contributed by atoms with Crippen molar-refractivity contribution in [1.82, 2.24) is 10.6 Å². The van der Waals surface area contributed by atoms with Gasteiger partial charge in [0.1, 0.15) is 12.1 Å². The summed E-state index contributed by atoms with van der Waals surface area (Å²) >= 11 is 0. The Balaban J connectivity index is 1.85. The molecule has 7 nitrogen and oxygen atoms in total. The third kappa shape index (κ3) is 7.87. The van der Waals surface area contributed by atoms with Crippen LogP contribution in [-0.2, 0) is 25.6 Å². The molecule has 0 radical (unpaired) electrons. The van der Waals surface area contributed by atoms with Crippen molar-refractivity contribution >= 4 is 23.6 Å². The highest BCUT2D eigenvalue weighted by Crippen LogP contribution is 2.25. The van der Waals surface area contributed by atoms with Gasteiger partial charge in [-0.3, -0.25) is 14.4 Å². The molecule has 0 fully saturated rings. The largest absolute Gasteiger partial charge is 0.475 e. The second-order valence-electron chi connectivity index (χ2n) is 9.37. The zero-order valence-corrected chi connectivity index (χ0v) is 21.0. The summed E-state index contributed by atoms with van der Waals surface area (Å²) in [4.78, 5) is 50.9. The van der Waals surface area contributed by atoms with Crippen LogP contribution < -0.4 is 10.6 Å². The van der Waals surface area contributed by atoms with Crippen LogP contribution in [0, 0.1) is 5.92 Å². The summed E-state index contributed by atoms with van der Waals surface area (Å²) in [6.07, 6.45) is 0.337. The van der Waals surface area contributed by atoms with Crippen LogP contribution in [0.3, 0.4) is 0 Å². The van der Waals surface area contributed by atoms with Crippen molar-refractivity contribution in [3.8, 4) is 0 Å². The standard InChI is InChI=1S/C30H32N2O5/c1-20(2)18-25(28(34)31-24(27(33)30(36)37)19-21-12-6-3-7-13-21)32-29(35)26(22-14-8-4-9-15-22)23-16-10-5-11-17-23/h3-17,20,24-26H,18-19H2,1-2H3,(H,31,34)(H,32,35)(H,36,37)/t24-,25-/m0/s1. The molecule has 37 heavy (non-hydrogen) atoms. The smallest absolute Gasteiger partial charge is 0.374 e. The molecule has 3 aromatic rings. The molecule has 0 saturated heterocycles. The summed E-state index contributed by atoms with van der Waals surface area (Å²) in [5.74, 6) is -4.30. The molecule has 3 N–H and O–H groups in total. The second-order valence-corrected chi connectivity index (χ2v) is 9.37. The summed E-state index contributed by atoms with van der Waals surface area (Å²) < 4.78 is 0. The van der Waals surface area contributed by atoms with Crippen LogP contribution in [0.1, 0.15) is 42.9 Å². The van der Waals surface area contributed by atoms with E-state index in [1.165, 1.54) is 0 Å². The lowest BCUT2D eigenvalue weighted by molar-refractivity contribution is -0.150. The van der Waals surface area contributed by atoms with Gasteiger partial charge in [0, 0.05) is 6.42 Å². The zero-order chi connectivity index (χ0) is 26.8. The molecule has 3 rings (SSSR count). The normalized spacial score (nSPS) is 12.5. The molecule has 2 amide bonds. The Labute approximate surface area is 216 Å². The topological polar surface area (TPSA) is 113 Å². The molecule has 0 bridgehead atoms. The number of hydrogen-bond acceptors (Lipinski definition) is 4. The van der Waals surface area contributed by atoms with Gasteiger partial charge < -0.3 is 15.7 Å². The SMILES string of the molecule is CC(C)C[C@H](NC(=O)C(c1ccccc1)c1ccccc1)C(=O)N[C@@H](Cc1ccccc1)C(=O)C(=O)O. The van der Waals surface area contributed by atoms with Gasteiger partial charge in [-0.2, -0.15) is 0 Å². The molecule has 0 saturated carbocycles. The molecule has 0 aliphatic rings. The lowest BCUT2D eigenvalue weighted by Gasteiger charge is -2.26. The van der Waals surface area contributed by atoms with Crippen LogP contribution in [0.2, 0.25) is 0 Å². The monoisotopic (exact) mass is 500 g/mol. The van der Waals surface area contributed by atoms with E-state index < -0.39 is 35.7 Å². The highest BCUT2D eigenvalue weighted by molar-refractivity contribution is 6.35. The lowest BCUT2D eigenvalue weighted by atomic mass is 9.90. The molecule has 192 valence electrons. The van der Waals surface area contributed by atoms with Gasteiger partial charge in [0.15, 0.2) is 0 Å². The molecule has 0 aliphatic carbocycles. The van der Waals surface area contributed by atoms with Crippen molar-refractivity contribution < 1.29 is 24.3 Å². The van der Waals surface area contributed by atoms with E-state index in [2.05, 4.69) is 10.6 Å². The molecular weight excluding hydrogens is 468 g/mol. The first kappa shape index (κ1) is 27.3. The van der Waals surface area contributed by atoms with Gasteiger partial charge in [-0.1, -0.05) is 105 Å². The van der Waals surface area contributed by atoms with Crippen LogP contribution in [0.15, 0.2) is 91.0 Å². The number of carboxylic acid groups (broad SMARTS) is 1. The molecule has 0 aromatic heterocycles. The van der Waals surface area contributed by atoms with E-state index >= 15 is 0 Å². The van der Waals surface area contributed by atoms with E-state index in [0.29, 0.717) is 12.0 Å². The predicted octanol–water partition coefficient (Wildman–Crippen LogP) is 3.73. The van der Waals surface area contributed by atoms with Gasteiger partial charge in [-0.05, 0) is 29.0 Å². The van der Waals surface area contributed by atoms with E-state index in [1.54, 1.807) is 30.3 Å². The summed E-state index contributed by atoms with van der Waals surface area (Å²) in [6.45, 7) is 3.84. The highest BCUT2D eigenvalue weighted by Gasteiger charge is 2.32. The van der Waals surface area contributed by atoms with Gasteiger partial charge in [-0.15, -0.1) is 0 Å². The number of aliphatic carboxylic acids is 1. The molecule has 0 spiro atoms. The first-order valence-corrected chi connectivity index (χ1v) is 12.3. The number of carboxylic acids is 1. The quantitative estimate of drug-likeness (QED) is 0.328. The Morgan fingerprint density at radius 2 is 1.14 bits per heavy atom. The Hall–Kier alpha value is -4.26. The van der Waals surface area contributed by atoms with Crippen molar-refractivity contribution in [2.75, 3.05) is 0 Å². The van der Waals surface area contributed by atoms with Gasteiger partial charge in [0.2, 0.25) is 11.8 Å².